The maximum atomic E-state index is 2.38. The molecule has 0 fully saturated rings. The second kappa shape index (κ2) is 13.0. The first kappa shape index (κ1) is 32.7. The quantitative estimate of drug-likeness (QED) is 0.158. The van der Waals surface area contributed by atoms with Gasteiger partial charge in [-0.2, -0.15) is 0 Å². The number of rotatable bonds is 4. The van der Waals surface area contributed by atoms with E-state index in [-0.39, 0.29) is 0 Å². The van der Waals surface area contributed by atoms with Gasteiger partial charge in [-0.3, -0.25) is 0 Å². The Morgan fingerprint density at radius 3 is 0.897 bits per heavy atom. The molecule has 0 aliphatic heterocycles. The topological polar surface area (TPSA) is 0 Å². The molecule has 0 spiro atoms. The maximum absolute atomic E-state index is 2.38. The summed E-state index contributed by atoms with van der Waals surface area (Å²) in [6.07, 6.45) is 0. The Kier molecular flexibility index (Phi) is 7.33. The highest BCUT2D eigenvalue weighted by Gasteiger charge is 2.11. The van der Waals surface area contributed by atoms with Gasteiger partial charge in [0.15, 0.2) is 0 Å². The van der Waals surface area contributed by atoms with Crippen LogP contribution in [-0.2, 0) is 0 Å². The fourth-order valence-electron chi connectivity index (χ4n) is 9.37. The van der Waals surface area contributed by atoms with Crippen molar-refractivity contribution < 1.29 is 0 Å². The van der Waals surface area contributed by atoms with Crippen LogP contribution in [0.3, 0.4) is 0 Å². The molecule has 268 valence electrons. The zero-order valence-electron chi connectivity index (χ0n) is 31.8. The van der Waals surface area contributed by atoms with Crippen molar-refractivity contribution in [3.05, 3.63) is 218 Å². The van der Waals surface area contributed by atoms with Crippen LogP contribution < -0.4 is 0 Å². The second-order valence-electron chi connectivity index (χ2n) is 15.7. The summed E-state index contributed by atoms with van der Waals surface area (Å²) in [6.45, 7) is 0. The molecule has 0 radical (unpaired) electrons. The van der Waals surface area contributed by atoms with E-state index >= 15 is 0 Å². The van der Waals surface area contributed by atoms with Crippen molar-refractivity contribution >= 4 is 75.4 Å². The van der Waals surface area contributed by atoms with Gasteiger partial charge in [0.2, 0.25) is 0 Å². The highest BCUT2D eigenvalue weighted by Crippen LogP contribution is 2.38. The van der Waals surface area contributed by atoms with Crippen molar-refractivity contribution in [2.24, 2.45) is 0 Å². The van der Waals surface area contributed by atoms with Crippen molar-refractivity contribution in [2.75, 3.05) is 0 Å². The molecular formula is C58H36. The molecule has 0 saturated heterocycles. The van der Waals surface area contributed by atoms with E-state index in [1.54, 1.807) is 0 Å². The van der Waals surface area contributed by atoms with Gasteiger partial charge >= 0.3 is 0 Å². The van der Waals surface area contributed by atoms with Gasteiger partial charge in [-0.15, -0.1) is 0 Å². The average molecular weight is 733 g/mol. The third-order valence-corrected chi connectivity index (χ3v) is 12.4. The fourth-order valence-corrected chi connectivity index (χ4v) is 9.37. The van der Waals surface area contributed by atoms with Gasteiger partial charge in [-0.05, 0) is 156 Å². The Hall–Kier alpha value is -7.54. The molecule has 0 unspecified atom stereocenters. The molecule has 0 saturated carbocycles. The van der Waals surface area contributed by atoms with Gasteiger partial charge < -0.3 is 0 Å². The first-order chi connectivity index (χ1) is 28.7. The Balaban J connectivity index is 0.912. The van der Waals surface area contributed by atoms with E-state index in [1.165, 1.54) is 120 Å². The minimum atomic E-state index is 1.22. The Bertz CT molecular complexity index is 3380. The van der Waals surface area contributed by atoms with Crippen LogP contribution in [0.4, 0.5) is 0 Å². The molecule has 0 heterocycles. The largest absolute Gasteiger partial charge is 0.0616 e. The predicted octanol–water partition coefficient (Wildman–Crippen LogP) is 16.4. The van der Waals surface area contributed by atoms with E-state index in [9.17, 15) is 0 Å². The van der Waals surface area contributed by atoms with Crippen molar-refractivity contribution in [3.8, 4) is 44.5 Å². The number of fused-ring (bicyclic) bond motifs is 11. The van der Waals surface area contributed by atoms with Crippen LogP contribution in [0.2, 0.25) is 0 Å². The Morgan fingerprint density at radius 2 is 0.431 bits per heavy atom. The summed E-state index contributed by atoms with van der Waals surface area (Å²) in [4.78, 5) is 0. The summed E-state index contributed by atoms with van der Waals surface area (Å²) in [5, 5.41) is 17.9. The highest BCUT2D eigenvalue weighted by molar-refractivity contribution is 6.18. The van der Waals surface area contributed by atoms with E-state index < -0.39 is 0 Å². The first-order valence-corrected chi connectivity index (χ1v) is 20.1. The molecule has 0 heteroatoms. The summed E-state index contributed by atoms with van der Waals surface area (Å²) in [5.41, 5.74) is 9.80. The molecule has 0 aliphatic rings. The van der Waals surface area contributed by atoms with E-state index in [1.807, 2.05) is 0 Å². The molecule has 12 aromatic carbocycles. The lowest BCUT2D eigenvalue weighted by molar-refractivity contribution is 1.61. The van der Waals surface area contributed by atoms with Crippen molar-refractivity contribution in [2.45, 2.75) is 0 Å². The van der Waals surface area contributed by atoms with Crippen LogP contribution in [0, 0.1) is 0 Å². The smallest absolute Gasteiger partial charge is 0.00987 e. The number of benzene rings is 12. The molecule has 12 aromatic rings. The predicted molar refractivity (Wildman–Crippen MR) is 251 cm³/mol. The summed E-state index contributed by atoms with van der Waals surface area (Å²) < 4.78 is 0. The molecule has 58 heavy (non-hydrogen) atoms. The number of hydrogen-bond donors (Lipinski definition) is 0. The van der Waals surface area contributed by atoms with E-state index in [4.69, 9.17) is 0 Å². The van der Waals surface area contributed by atoms with Crippen LogP contribution in [0.1, 0.15) is 0 Å². The zero-order chi connectivity index (χ0) is 38.2. The number of hydrogen-bond acceptors (Lipinski definition) is 0. The van der Waals surface area contributed by atoms with Gasteiger partial charge in [0.05, 0.1) is 0 Å². The van der Waals surface area contributed by atoms with Crippen LogP contribution in [0.5, 0.6) is 0 Å². The molecular weight excluding hydrogens is 697 g/mol. The van der Waals surface area contributed by atoms with Crippen LogP contribution in [0.15, 0.2) is 218 Å². The lowest BCUT2D eigenvalue weighted by Gasteiger charge is -2.12. The SMILES string of the molecule is c1cc(-c2ccc3c(ccc4ccccc43)c2)cc(-c2ccc3ccc4c5cc(-c6cccc(-c7ccc8c(ccc9ccccc98)c7)c6)ccc5ccc4c3c2)c1. The first-order valence-electron chi connectivity index (χ1n) is 20.1. The molecule has 0 aromatic heterocycles. The van der Waals surface area contributed by atoms with Gasteiger partial charge in [0.25, 0.3) is 0 Å². The molecule has 0 aliphatic carbocycles. The summed E-state index contributed by atoms with van der Waals surface area (Å²) in [7, 11) is 0. The van der Waals surface area contributed by atoms with Gasteiger partial charge in [0.1, 0.15) is 0 Å². The lowest BCUT2D eigenvalue weighted by atomic mass is 9.91. The zero-order valence-corrected chi connectivity index (χ0v) is 31.8. The minimum absolute atomic E-state index is 1.22. The van der Waals surface area contributed by atoms with Crippen LogP contribution in [-0.4, -0.2) is 0 Å². The third kappa shape index (κ3) is 5.38. The van der Waals surface area contributed by atoms with Crippen LogP contribution >= 0.6 is 0 Å². The Morgan fingerprint density at radius 1 is 0.138 bits per heavy atom. The third-order valence-electron chi connectivity index (χ3n) is 12.4. The summed E-state index contributed by atoms with van der Waals surface area (Å²) in [6, 6.07) is 81.0. The van der Waals surface area contributed by atoms with Crippen molar-refractivity contribution in [1.29, 1.82) is 0 Å². The van der Waals surface area contributed by atoms with Gasteiger partial charge in [-0.25, -0.2) is 0 Å². The molecule has 0 atom stereocenters. The summed E-state index contributed by atoms with van der Waals surface area (Å²) >= 11 is 0. The Labute approximate surface area is 336 Å². The highest BCUT2D eigenvalue weighted by atomic mass is 14.2. The minimum Gasteiger partial charge on any atom is -0.0616 e. The van der Waals surface area contributed by atoms with Crippen LogP contribution in [0.25, 0.3) is 120 Å². The monoisotopic (exact) mass is 732 g/mol. The molecule has 0 bridgehead atoms. The fraction of sp³-hybridized carbons (Fsp3) is 0. The van der Waals surface area contributed by atoms with Crippen molar-refractivity contribution in [3.63, 3.8) is 0 Å². The van der Waals surface area contributed by atoms with Gasteiger partial charge in [-0.1, -0.05) is 182 Å². The second-order valence-corrected chi connectivity index (χ2v) is 15.7. The van der Waals surface area contributed by atoms with Crippen molar-refractivity contribution in [1.82, 2.24) is 0 Å². The normalized spacial score (nSPS) is 11.8. The molecule has 0 nitrogen and oxygen atoms in total. The molecule has 12 rings (SSSR count). The standard InChI is InChI=1S/C58H36/c1-3-13-51-37(7-1)17-21-49-33-45(25-27-53(49)51)41-9-5-11-43(31-41)47-19-15-39-23-30-56-55(57(39)35-47)29-24-40-16-20-48(36-58(40)56)44-12-6-10-42(32-44)46-26-28-54-50(34-46)22-18-38-8-2-4-14-52(38)54/h1-36H. The maximum Gasteiger partial charge on any atom is -0.00987 e. The van der Waals surface area contributed by atoms with E-state index in [0.717, 1.165) is 0 Å². The average Bonchev–Trinajstić information content (AvgIpc) is 3.30. The summed E-state index contributed by atoms with van der Waals surface area (Å²) in [5.74, 6) is 0. The van der Waals surface area contributed by atoms with Gasteiger partial charge in [0, 0.05) is 0 Å². The molecule has 0 amide bonds. The van der Waals surface area contributed by atoms with E-state index in [0.29, 0.717) is 0 Å². The lowest BCUT2D eigenvalue weighted by Crippen LogP contribution is -1.86. The molecule has 0 N–H and O–H groups in total. The van der Waals surface area contributed by atoms with E-state index in [2.05, 4.69) is 218 Å².